The van der Waals surface area contributed by atoms with Crippen LogP contribution in [-0.4, -0.2) is 25.0 Å². The predicted molar refractivity (Wildman–Crippen MR) is 113 cm³/mol. The molecule has 2 aromatic carbocycles. The Kier molecular flexibility index (Phi) is 5.98. The first-order chi connectivity index (χ1) is 13.0. The summed E-state index contributed by atoms with van der Waals surface area (Å²) in [6.45, 7) is 0. The maximum absolute atomic E-state index is 12.6. The minimum absolute atomic E-state index is 0.125. The van der Waals surface area contributed by atoms with E-state index in [2.05, 4.69) is 10.3 Å². The maximum atomic E-state index is 12.6. The summed E-state index contributed by atoms with van der Waals surface area (Å²) in [4.78, 5) is 19.6. The van der Waals surface area contributed by atoms with Crippen molar-refractivity contribution in [1.29, 1.82) is 0 Å². The number of carbonyl (C=O) groups excluding carboxylic acids is 1. The van der Waals surface area contributed by atoms with E-state index in [1.165, 1.54) is 0 Å². The monoisotopic (exact) mass is 378 g/mol. The number of carbonyl (C=O) groups is 1. The average molecular weight is 379 g/mol. The van der Waals surface area contributed by atoms with Gasteiger partial charge in [0.1, 0.15) is 0 Å². The molecular weight excluding hydrogens is 356 g/mol. The number of nitrogens with one attached hydrogen (secondary N) is 1. The zero-order chi connectivity index (χ0) is 19.2. The standard InChI is InChI=1S/C21H22N4OS/c1-25(2)18-8-4-6-16(12-18)21(26)24-17-7-3-5-15(11-17)14-27-20-13-23-10-9-19(20)22/h3-13H,14H2,1-2H3,(H2,22,23)(H,24,26). The molecule has 0 fully saturated rings. The van der Waals surface area contributed by atoms with Gasteiger partial charge in [0.15, 0.2) is 0 Å². The first-order valence-corrected chi connectivity index (χ1v) is 9.51. The number of pyridine rings is 1. The number of amides is 1. The first kappa shape index (κ1) is 18.8. The molecule has 3 N–H and O–H groups in total. The third kappa shape index (κ3) is 5.01. The molecule has 0 unspecified atom stereocenters. The molecule has 0 aliphatic rings. The molecule has 27 heavy (non-hydrogen) atoms. The van der Waals surface area contributed by atoms with Gasteiger partial charge in [0, 0.05) is 59.8 Å². The molecular formula is C21H22N4OS. The lowest BCUT2D eigenvalue weighted by atomic mass is 10.1. The Bertz CT molecular complexity index is 943. The molecule has 0 atom stereocenters. The molecule has 0 saturated heterocycles. The number of thioether (sulfide) groups is 1. The van der Waals surface area contributed by atoms with E-state index in [4.69, 9.17) is 5.73 Å². The number of anilines is 3. The largest absolute Gasteiger partial charge is 0.398 e. The van der Waals surface area contributed by atoms with E-state index in [0.29, 0.717) is 5.56 Å². The normalized spacial score (nSPS) is 10.4. The molecule has 5 nitrogen and oxygen atoms in total. The Morgan fingerprint density at radius 1 is 1.15 bits per heavy atom. The number of benzene rings is 2. The summed E-state index contributed by atoms with van der Waals surface area (Å²) in [7, 11) is 3.90. The van der Waals surface area contributed by atoms with E-state index >= 15 is 0 Å². The molecule has 138 valence electrons. The van der Waals surface area contributed by atoms with Crippen molar-refractivity contribution in [2.45, 2.75) is 10.6 Å². The van der Waals surface area contributed by atoms with Gasteiger partial charge in [0.05, 0.1) is 0 Å². The van der Waals surface area contributed by atoms with Crippen LogP contribution in [0.25, 0.3) is 0 Å². The van der Waals surface area contributed by atoms with Crippen molar-refractivity contribution in [3.63, 3.8) is 0 Å². The van der Waals surface area contributed by atoms with E-state index in [1.807, 2.05) is 67.5 Å². The van der Waals surface area contributed by atoms with Crippen LogP contribution in [0.3, 0.4) is 0 Å². The minimum atomic E-state index is -0.125. The molecule has 0 aliphatic heterocycles. The molecule has 0 bridgehead atoms. The van der Waals surface area contributed by atoms with Gasteiger partial charge in [-0.25, -0.2) is 0 Å². The molecule has 1 aromatic heterocycles. The fourth-order valence-corrected chi connectivity index (χ4v) is 3.41. The number of nitrogens with two attached hydrogens (primary N) is 1. The smallest absolute Gasteiger partial charge is 0.255 e. The van der Waals surface area contributed by atoms with Gasteiger partial charge >= 0.3 is 0 Å². The number of nitrogen functional groups attached to an aromatic ring is 1. The number of rotatable bonds is 6. The third-order valence-electron chi connectivity index (χ3n) is 4.02. The highest BCUT2D eigenvalue weighted by Crippen LogP contribution is 2.27. The van der Waals surface area contributed by atoms with Crippen molar-refractivity contribution in [2.24, 2.45) is 0 Å². The van der Waals surface area contributed by atoms with Crippen LogP contribution in [0, 0.1) is 0 Å². The van der Waals surface area contributed by atoms with Crippen molar-refractivity contribution in [2.75, 3.05) is 30.0 Å². The van der Waals surface area contributed by atoms with Gasteiger partial charge in [-0.05, 0) is 42.0 Å². The molecule has 0 saturated carbocycles. The van der Waals surface area contributed by atoms with Crippen LogP contribution in [0.4, 0.5) is 17.1 Å². The molecule has 6 heteroatoms. The molecule has 0 aliphatic carbocycles. The van der Waals surface area contributed by atoms with Gasteiger partial charge in [-0.15, -0.1) is 11.8 Å². The van der Waals surface area contributed by atoms with Crippen LogP contribution in [0.5, 0.6) is 0 Å². The second-order valence-corrected chi connectivity index (χ2v) is 7.32. The Morgan fingerprint density at radius 3 is 2.74 bits per heavy atom. The molecule has 3 aromatic rings. The van der Waals surface area contributed by atoms with E-state index in [9.17, 15) is 4.79 Å². The van der Waals surface area contributed by atoms with Crippen LogP contribution < -0.4 is 16.0 Å². The zero-order valence-corrected chi connectivity index (χ0v) is 16.2. The van der Waals surface area contributed by atoms with Crippen LogP contribution in [-0.2, 0) is 5.75 Å². The summed E-state index contributed by atoms with van der Waals surface area (Å²) in [5, 5.41) is 2.97. The molecule has 0 radical (unpaired) electrons. The zero-order valence-electron chi connectivity index (χ0n) is 15.3. The summed E-state index contributed by atoms with van der Waals surface area (Å²) in [5.41, 5.74) is 10.2. The van der Waals surface area contributed by atoms with Gasteiger partial charge < -0.3 is 16.0 Å². The Morgan fingerprint density at radius 2 is 1.96 bits per heavy atom. The average Bonchev–Trinajstić information content (AvgIpc) is 2.68. The van der Waals surface area contributed by atoms with Gasteiger partial charge in [-0.3, -0.25) is 9.78 Å². The quantitative estimate of drug-likeness (QED) is 0.627. The second-order valence-electron chi connectivity index (χ2n) is 6.30. The first-order valence-electron chi connectivity index (χ1n) is 8.53. The van der Waals surface area contributed by atoms with Crippen molar-refractivity contribution >= 4 is 34.7 Å². The van der Waals surface area contributed by atoms with Crippen molar-refractivity contribution < 1.29 is 4.79 Å². The van der Waals surface area contributed by atoms with Crippen LogP contribution in [0.1, 0.15) is 15.9 Å². The van der Waals surface area contributed by atoms with Crippen molar-refractivity contribution in [3.8, 4) is 0 Å². The fraction of sp³-hybridized carbons (Fsp3) is 0.143. The molecule has 0 spiro atoms. The number of nitrogens with zero attached hydrogens (tertiary/aromatic N) is 2. The molecule has 3 rings (SSSR count). The van der Waals surface area contributed by atoms with Crippen LogP contribution in [0.2, 0.25) is 0 Å². The highest BCUT2D eigenvalue weighted by atomic mass is 32.2. The van der Waals surface area contributed by atoms with Crippen LogP contribution in [0.15, 0.2) is 71.9 Å². The summed E-state index contributed by atoms with van der Waals surface area (Å²) in [6, 6.07) is 17.2. The highest BCUT2D eigenvalue weighted by molar-refractivity contribution is 7.98. The third-order valence-corrected chi connectivity index (χ3v) is 5.15. The summed E-state index contributed by atoms with van der Waals surface area (Å²) >= 11 is 1.62. The van der Waals surface area contributed by atoms with Crippen LogP contribution >= 0.6 is 11.8 Å². The molecule has 1 amide bonds. The Labute approximate surface area is 163 Å². The Hall–Kier alpha value is -2.99. The van der Waals surface area contributed by atoms with Crippen molar-refractivity contribution in [3.05, 3.63) is 78.1 Å². The van der Waals surface area contributed by atoms with E-state index in [1.54, 1.807) is 30.2 Å². The summed E-state index contributed by atoms with van der Waals surface area (Å²) in [6.07, 6.45) is 3.45. The lowest BCUT2D eigenvalue weighted by molar-refractivity contribution is 0.102. The maximum Gasteiger partial charge on any atom is 0.255 e. The van der Waals surface area contributed by atoms with E-state index in [-0.39, 0.29) is 5.91 Å². The van der Waals surface area contributed by atoms with E-state index < -0.39 is 0 Å². The van der Waals surface area contributed by atoms with Gasteiger partial charge in [0.2, 0.25) is 0 Å². The fourth-order valence-electron chi connectivity index (χ4n) is 2.54. The van der Waals surface area contributed by atoms with Gasteiger partial charge in [-0.2, -0.15) is 0 Å². The number of hydrogen-bond donors (Lipinski definition) is 2. The number of aromatic nitrogens is 1. The molecule has 1 heterocycles. The lowest BCUT2D eigenvalue weighted by Gasteiger charge is -2.13. The van der Waals surface area contributed by atoms with Gasteiger partial charge in [0.25, 0.3) is 5.91 Å². The van der Waals surface area contributed by atoms with Crippen molar-refractivity contribution in [1.82, 2.24) is 4.98 Å². The van der Waals surface area contributed by atoms with Gasteiger partial charge in [-0.1, -0.05) is 18.2 Å². The lowest BCUT2D eigenvalue weighted by Crippen LogP contribution is -2.14. The minimum Gasteiger partial charge on any atom is -0.398 e. The second kappa shape index (κ2) is 8.60. The SMILES string of the molecule is CN(C)c1cccc(C(=O)Nc2cccc(CSc3cnccc3N)c2)c1. The number of hydrogen-bond acceptors (Lipinski definition) is 5. The Balaban J connectivity index is 1.67. The summed E-state index contributed by atoms with van der Waals surface area (Å²) < 4.78 is 0. The topological polar surface area (TPSA) is 71.2 Å². The highest BCUT2D eigenvalue weighted by Gasteiger charge is 2.08. The predicted octanol–water partition coefficient (Wildman–Crippen LogP) is 4.27. The van der Waals surface area contributed by atoms with E-state index in [0.717, 1.165) is 33.3 Å². The summed E-state index contributed by atoms with van der Waals surface area (Å²) in [5.74, 6) is 0.621.